The first-order valence-electron chi connectivity index (χ1n) is 21.3. The molecule has 1 N–H and O–H groups in total. The standard InChI is InChI=1S/C41H59ClN7O14PS/c1-11-57-64(53,58-12-2)41(24-55-9,35(50)46-65(10,54)47-37(51)59-25(3)26-18-14-13-15-19-26)56-23-29-30-31(62-40(7,8)61-30)34(60-29)49-33-28(22-43-49)32(44-36(42)45-33)48(27-20-16-17-21-27)38(52)63-39(4,5)6/h13-15,18-19,22,25,27,29-31,34H,11-12,16-17,20-21,23-24H2,1-10H3,(H,46,47,50,51,54)/t25-,29-,30-,31-,34-,41+,65?/m1/s1. The number of halogens is 1. The molecule has 2 aromatic heterocycles. The predicted molar refractivity (Wildman–Crippen MR) is 236 cm³/mol. The lowest BCUT2D eigenvalue weighted by Crippen LogP contribution is -2.55. The van der Waals surface area contributed by atoms with E-state index in [1.807, 2.05) is 0 Å². The highest BCUT2D eigenvalue weighted by Gasteiger charge is 2.62. The molecule has 6 rings (SSSR count). The van der Waals surface area contributed by atoms with Gasteiger partial charge in [-0.25, -0.2) is 18.5 Å². The predicted octanol–water partition coefficient (Wildman–Crippen LogP) is 7.23. The number of ether oxygens (including phenoxy) is 7. The lowest BCUT2D eigenvalue weighted by Gasteiger charge is -2.37. The molecule has 7 atom stereocenters. The van der Waals surface area contributed by atoms with E-state index in [9.17, 15) is 23.2 Å². The quantitative estimate of drug-likeness (QED) is 0.104. The summed E-state index contributed by atoms with van der Waals surface area (Å²) in [5.41, 5.74) is 0.0506. The van der Waals surface area contributed by atoms with Gasteiger partial charge in [0, 0.05) is 19.4 Å². The van der Waals surface area contributed by atoms with Crippen molar-refractivity contribution in [2.45, 2.75) is 134 Å². The number of carbonyl (C=O) groups is 3. The largest absolute Gasteiger partial charge is 0.443 e. The number of aromatic nitrogens is 4. The van der Waals surface area contributed by atoms with Crippen molar-refractivity contribution in [2.75, 3.05) is 44.7 Å². The summed E-state index contributed by atoms with van der Waals surface area (Å²) in [5.74, 6) is -2.25. The molecule has 0 bridgehead atoms. The molecule has 2 aliphatic heterocycles. The lowest BCUT2D eigenvalue weighted by molar-refractivity contribution is -0.207. The molecule has 1 aliphatic carbocycles. The van der Waals surface area contributed by atoms with Gasteiger partial charge in [0.1, 0.15) is 39.9 Å². The van der Waals surface area contributed by atoms with Gasteiger partial charge in [-0.2, -0.15) is 15.1 Å². The maximum atomic E-state index is 14.8. The second-order valence-corrected chi connectivity index (χ2v) is 21.7. The number of nitrogens with zero attached hydrogens (tertiary/aromatic N) is 6. The minimum atomic E-state index is -4.74. The summed E-state index contributed by atoms with van der Waals surface area (Å²) >= 11 is 6.60. The highest BCUT2D eigenvalue weighted by atomic mass is 35.5. The number of carbonyl (C=O) groups excluding carboxylic acids is 3. The number of benzene rings is 1. The summed E-state index contributed by atoms with van der Waals surface area (Å²) in [4.78, 5) is 51.8. The van der Waals surface area contributed by atoms with Gasteiger partial charge < -0.3 is 42.2 Å². The van der Waals surface area contributed by atoms with Crippen molar-refractivity contribution in [3.63, 3.8) is 0 Å². The Morgan fingerprint density at radius 1 is 1.08 bits per heavy atom. The van der Waals surface area contributed by atoms with Crippen LogP contribution in [0.4, 0.5) is 15.4 Å². The van der Waals surface area contributed by atoms with Crippen LogP contribution < -0.4 is 9.62 Å². The Hall–Kier alpha value is -3.83. The number of hydrogen-bond donors (Lipinski definition) is 1. The molecule has 24 heteroatoms. The van der Waals surface area contributed by atoms with Crippen molar-refractivity contribution in [3.8, 4) is 0 Å². The fraction of sp³-hybridized carbons (Fsp3) is 0.659. The van der Waals surface area contributed by atoms with E-state index in [0.29, 0.717) is 10.9 Å². The molecular formula is C41H59ClN7O14PS. The minimum Gasteiger partial charge on any atom is -0.443 e. The van der Waals surface area contributed by atoms with Gasteiger partial charge in [-0.15, -0.1) is 4.36 Å². The van der Waals surface area contributed by atoms with Gasteiger partial charge in [-0.05, 0) is 85.4 Å². The van der Waals surface area contributed by atoms with Gasteiger partial charge in [0.05, 0.1) is 38.0 Å². The molecular weight excluding hydrogens is 913 g/mol. The van der Waals surface area contributed by atoms with Crippen molar-refractivity contribution < 1.29 is 65.4 Å². The number of hydrogen-bond acceptors (Lipinski definition) is 17. The Bertz CT molecular complexity index is 2360. The molecule has 3 aliphatic rings. The van der Waals surface area contributed by atoms with E-state index >= 15 is 0 Å². The van der Waals surface area contributed by atoms with Crippen molar-refractivity contribution in [2.24, 2.45) is 4.36 Å². The molecule has 3 amide bonds. The Kier molecular flexibility index (Phi) is 15.7. The third-order valence-electron chi connectivity index (χ3n) is 10.6. The van der Waals surface area contributed by atoms with E-state index in [4.69, 9.17) is 53.8 Å². The molecule has 3 aromatic rings. The summed E-state index contributed by atoms with van der Waals surface area (Å²) in [6.45, 7) is 11.7. The van der Waals surface area contributed by atoms with Crippen LogP contribution in [0.15, 0.2) is 40.9 Å². The number of fused-ring (bicyclic) bond motifs is 2. The van der Waals surface area contributed by atoms with Crippen molar-refractivity contribution in [1.29, 1.82) is 0 Å². The number of methoxy groups -OCH3 is 1. The molecule has 1 unspecified atom stereocenters. The summed E-state index contributed by atoms with van der Waals surface area (Å²) in [6.07, 6.45) is -0.814. The minimum absolute atomic E-state index is 0.171. The molecule has 1 aromatic carbocycles. The van der Waals surface area contributed by atoms with Crippen LogP contribution in [0, 0.1) is 0 Å². The van der Waals surface area contributed by atoms with E-state index in [0.717, 1.165) is 31.9 Å². The first kappa shape index (κ1) is 50.6. The second-order valence-electron chi connectivity index (χ2n) is 17.2. The van der Waals surface area contributed by atoms with Gasteiger partial charge in [0.2, 0.25) is 5.28 Å². The molecule has 21 nitrogen and oxygen atoms in total. The molecule has 2 saturated heterocycles. The van der Waals surface area contributed by atoms with E-state index in [2.05, 4.69) is 24.2 Å². The molecule has 65 heavy (non-hydrogen) atoms. The fourth-order valence-electron chi connectivity index (χ4n) is 7.97. The molecule has 1 saturated carbocycles. The normalized spacial score (nSPS) is 23.3. The third kappa shape index (κ3) is 11.3. The maximum Gasteiger partial charge on any atom is 0.443 e. The molecule has 0 spiro atoms. The van der Waals surface area contributed by atoms with Crippen LogP contribution in [0.2, 0.25) is 5.28 Å². The van der Waals surface area contributed by atoms with E-state index in [1.54, 1.807) is 71.9 Å². The van der Waals surface area contributed by atoms with Crippen molar-refractivity contribution in [3.05, 3.63) is 47.4 Å². The number of amides is 3. The average Bonchev–Trinajstić information content (AvgIpc) is 4.01. The Balaban J connectivity index is 1.34. The second kappa shape index (κ2) is 20.2. The zero-order valence-electron chi connectivity index (χ0n) is 38.2. The highest BCUT2D eigenvalue weighted by molar-refractivity contribution is 7.91. The van der Waals surface area contributed by atoms with E-state index in [1.165, 1.54) is 36.7 Å². The van der Waals surface area contributed by atoms with Crippen LogP contribution in [0.25, 0.3) is 11.0 Å². The Labute approximate surface area is 383 Å². The summed E-state index contributed by atoms with van der Waals surface area (Å²) in [5, 5.41) is 2.18. The number of rotatable bonds is 17. The summed E-state index contributed by atoms with van der Waals surface area (Å²) in [6, 6.07) is 8.56. The zero-order chi connectivity index (χ0) is 47.5. The van der Waals surface area contributed by atoms with Crippen LogP contribution >= 0.6 is 19.2 Å². The Morgan fingerprint density at radius 2 is 1.72 bits per heavy atom. The van der Waals surface area contributed by atoms with Gasteiger partial charge in [-0.3, -0.25) is 19.0 Å². The number of nitrogens with one attached hydrogen (secondary N) is 1. The van der Waals surface area contributed by atoms with E-state index < -0.39 is 96.2 Å². The number of anilines is 1. The van der Waals surface area contributed by atoms with Crippen LogP contribution in [-0.4, -0.2) is 123 Å². The smallest absolute Gasteiger partial charge is 0.443 e. The monoisotopic (exact) mass is 971 g/mol. The van der Waals surface area contributed by atoms with Crippen molar-refractivity contribution in [1.82, 2.24) is 24.5 Å². The average molecular weight is 972 g/mol. The Morgan fingerprint density at radius 3 is 2.34 bits per heavy atom. The van der Waals surface area contributed by atoms with Crippen LogP contribution in [-0.2, 0) is 61.5 Å². The first-order valence-corrected chi connectivity index (χ1v) is 25.2. The van der Waals surface area contributed by atoms with E-state index in [-0.39, 0.29) is 36.0 Å². The SMILES string of the molecule is CCOP(=O)(OCC)[C@](COC)(OC[C@H]1O[C@@H](n2ncc3c(N(C(=O)OC(C)(C)C)C4CCCC4)nc(Cl)nc32)[C@@H]2OC(C)(C)O[C@@H]21)C(=O)NS(C)(=O)=NC(=O)O[C@H](C)c1ccccc1. The summed E-state index contributed by atoms with van der Waals surface area (Å²) in [7, 11) is -7.48. The van der Waals surface area contributed by atoms with Gasteiger partial charge in [-0.1, -0.05) is 43.2 Å². The topological polar surface area (TPSA) is 240 Å². The molecule has 360 valence electrons. The fourth-order valence-corrected chi connectivity index (χ4v) is 11.1. The van der Waals surface area contributed by atoms with Crippen LogP contribution in [0.5, 0.6) is 0 Å². The third-order valence-corrected chi connectivity index (χ3v) is 14.4. The van der Waals surface area contributed by atoms with Gasteiger partial charge in [0.25, 0.3) is 11.2 Å². The first-order chi connectivity index (χ1) is 30.6. The molecule has 4 heterocycles. The maximum absolute atomic E-state index is 14.8. The van der Waals surface area contributed by atoms with Crippen LogP contribution in [0.1, 0.15) is 99.0 Å². The van der Waals surface area contributed by atoms with Gasteiger partial charge in [0.15, 0.2) is 23.5 Å². The lowest BCUT2D eigenvalue weighted by atomic mass is 10.1. The zero-order valence-corrected chi connectivity index (χ0v) is 40.7. The summed E-state index contributed by atoms with van der Waals surface area (Å²) < 4.78 is 89.6. The van der Waals surface area contributed by atoms with Gasteiger partial charge >= 0.3 is 19.8 Å². The molecule has 0 radical (unpaired) electrons. The van der Waals surface area contributed by atoms with Crippen molar-refractivity contribution >= 4 is 64.1 Å². The van der Waals surface area contributed by atoms with Crippen LogP contribution in [0.3, 0.4) is 0 Å². The molecule has 3 fully saturated rings. The highest BCUT2D eigenvalue weighted by Crippen LogP contribution is 2.61.